The van der Waals surface area contributed by atoms with Gasteiger partial charge < -0.3 is 9.80 Å². The molecule has 2 fully saturated rings. The van der Waals surface area contributed by atoms with Crippen molar-refractivity contribution in [3.63, 3.8) is 0 Å². The molecule has 1 spiro atoms. The van der Waals surface area contributed by atoms with Gasteiger partial charge in [-0.2, -0.15) is 0 Å². The first-order chi connectivity index (χ1) is 13.4. The summed E-state index contributed by atoms with van der Waals surface area (Å²) in [5.41, 5.74) is 3.70. The van der Waals surface area contributed by atoms with Crippen molar-refractivity contribution in [1.82, 2.24) is 9.80 Å². The molecule has 5 heteroatoms. The normalized spacial score (nSPS) is 22.9. The van der Waals surface area contributed by atoms with Crippen LogP contribution in [0.4, 0.5) is 5.69 Å². The third-order valence-electron chi connectivity index (χ3n) is 6.09. The number of piperazine rings is 1. The molecule has 0 aliphatic carbocycles. The van der Waals surface area contributed by atoms with Crippen LogP contribution in [0.2, 0.25) is 0 Å². The van der Waals surface area contributed by atoms with Crippen LogP contribution < -0.4 is 4.90 Å². The molecular formula is C23H27N3O2. The maximum Gasteiger partial charge on any atom is 0.253 e. The molecule has 2 aliphatic heterocycles. The fraction of sp³-hybridized carbons (Fsp3) is 0.391. The molecule has 5 nitrogen and oxygen atoms in total. The van der Waals surface area contributed by atoms with Gasteiger partial charge >= 0.3 is 0 Å². The van der Waals surface area contributed by atoms with E-state index < -0.39 is 0 Å². The van der Waals surface area contributed by atoms with E-state index in [0.29, 0.717) is 26.2 Å². The third kappa shape index (κ3) is 3.31. The van der Waals surface area contributed by atoms with Crippen LogP contribution in [0.25, 0.3) is 0 Å². The van der Waals surface area contributed by atoms with E-state index >= 15 is 0 Å². The van der Waals surface area contributed by atoms with E-state index in [1.807, 2.05) is 73.2 Å². The maximum atomic E-state index is 13.1. The fourth-order valence-corrected chi connectivity index (χ4v) is 4.55. The highest BCUT2D eigenvalue weighted by atomic mass is 16.2. The second kappa shape index (κ2) is 7.06. The van der Waals surface area contributed by atoms with Crippen molar-refractivity contribution in [3.8, 4) is 0 Å². The van der Waals surface area contributed by atoms with Crippen molar-refractivity contribution >= 4 is 17.5 Å². The predicted molar refractivity (Wildman–Crippen MR) is 111 cm³/mol. The number of likely N-dealkylation sites (tertiary alicyclic amines) is 1. The predicted octanol–water partition coefficient (Wildman–Crippen LogP) is 2.87. The Bertz CT molecular complexity index is 891. The Morgan fingerprint density at radius 1 is 1.00 bits per heavy atom. The zero-order valence-corrected chi connectivity index (χ0v) is 16.8. The summed E-state index contributed by atoms with van der Waals surface area (Å²) in [5, 5.41) is 0. The quantitative estimate of drug-likeness (QED) is 0.808. The zero-order valence-electron chi connectivity index (χ0n) is 16.8. The minimum atomic E-state index is -0.196. The van der Waals surface area contributed by atoms with E-state index in [1.165, 1.54) is 0 Å². The Labute approximate surface area is 166 Å². The van der Waals surface area contributed by atoms with Gasteiger partial charge in [0.2, 0.25) is 5.91 Å². The minimum absolute atomic E-state index is 0.0836. The van der Waals surface area contributed by atoms with Gasteiger partial charge in [0, 0.05) is 30.9 Å². The average molecular weight is 377 g/mol. The monoisotopic (exact) mass is 377 g/mol. The Balaban J connectivity index is 1.57. The summed E-state index contributed by atoms with van der Waals surface area (Å²) >= 11 is 0. The Hall–Kier alpha value is -2.66. The van der Waals surface area contributed by atoms with Crippen LogP contribution in [-0.2, 0) is 4.79 Å². The zero-order chi connectivity index (χ0) is 19.9. The molecule has 2 saturated heterocycles. The van der Waals surface area contributed by atoms with Crippen LogP contribution in [0.1, 0.15) is 27.9 Å². The maximum absolute atomic E-state index is 13.1. The van der Waals surface area contributed by atoms with Gasteiger partial charge in [-0.3, -0.25) is 14.5 Å². The van der Waals surface area contributed by atoms with Gasteiger partial charge in [0.15, 0.2) is 0 Å². The largest absolute Gasteiger partial charge is 0.337 e. The first-order valence-electron chi connectivity index (χ1n) is 9.82. The van der Waals surface area contributed by atoms with E-state index in [2.05, 4.69) is 11.0 Å². The van der Waals surface area contributed by atoms with Crippen molar-refractivity contribution in [2.75, 3.05) is 38.1 Å². The van der Waals surface area contributed by atoms with Crippen LogP contribution >= 0.6 is 0 Å². The first-order valence-corrected chi connectivity index (χ1v) is 9.82. The smallest absolute Gasteiger partial charge is 0.253 e. The van der Waals surface area contributed by atoms with E-state index in [1.54, 1.807) is 0 Å². The molecule has 1 atom stereocenters. The lowest BCUT2D eigenvalue weighted by molar-refractivity contribution is -0.123. The van der Waals surface area contributed by atoms with Crippen molar-refractivity contribution < 1.29 is 9.59 Å². The number of benzene rings is 2. The van der Waals surface area contributed by atoms with Gasteiger partial charge in [-0.25, -0.2) is 0 Å². The molecule has 2 amide bonds. The lowest BCUT2D eigenvalue weighted by atomic mass is 9.92. The van der Waals surface area contributed by atoms with Gasteiger partial charge in [-0.15, -0.1) is 0 Å². The number of likely N-dealkylation sites (N-methyl/N-ethyl adjacent to an activating group) is 1. The van der Waals surface area contributed by atoms with E-state index in [9.17, 15) is 9.59 Å². The molecule has 0 N–H and O–H groups in total. The second-order valence-corrected chi connectivity index (χ2v) is 8.25. The lowest BCUT2D eigenvalue weighted by Crippen LogP contribution is -2.64. The molecular weight excluding hydrogens is 350 g/mol. The number of carbonyl (C=O) groups is 2. The highest BCUT2D eigenvalue weighted by Gasteiger charge is 2.48. The van der Waals surface area contributed by atoms with Crippen LogP contribution in [0.3, 0.4) is 0 Å². The van der Waals surface area contributed by atoms with Crippen molar-refractivity contribution in [1.29, 1.82) is 0 Å². The summed E-state index contributed by atoms with van der Waals surface area (Å²) in [6.07, 6.45) is 0.872. The van der Waals surface area contributed by atoms with E-state index in [4.69, 9.17) is 0 Å². The summed E-state index contributed by atoms with van der Waals surface area (Å²) < 4.78 is 0. The molecule has 0 aromatic heterocycles. The van der Waals surface area contributed by atoms with Gasteiger partial charge in [0.25, 0.3) is 5.91 Å². The van der Waals surface area contributed by atoms with Crippen molar-refractivity contribution in [2.45, 2.75) is 25.8 Å². The van der Waals surface area contributed by atoms with Gasteiger partial charge in [-0.05, 0) is 51.6 Å². The molecule has 0 radical (unpaired) electrons. The number of aryl methyl sites for hydroxylation is 2. The molecule has 2 aliphatic rings. The topological polar surface area (TPSA) is 43.9 Å². The van der Waals surface area contributed by atoms with E-state index in [-0.39, 0.29) is 17.4 Å². The number of rotatable bonds is 2. The molecule has 2 aromatic carbocycles. The number of anilines is 1. The van der Waals surface area contributed by atoms with Crippen LogP contribution in [-0.4, -0.2) is 60.4 Å². The standard InChI is InChI=1S/C23H27N3O2/c1-17-11-18(2)13-19(12-17)22(28)25-10-9-23(15-25)16-26(21(27)14-24(23)3)20-7-5-4-6-8-20/h4-8,11-13H,9-10,14-16H2,1-3H3. The third-order valence-corrected chi connectivity index (χ3v) is 6.09. The Morgan fingerprint density at radius 2 is 1.68 bits per heavy atom. The number of hydrogen-bond acceptors (Lipinski definition) is 3. The van der Waals surface area contributed by atoms with Crippen LogP contribution in [0.5, 0.6) is 0 Å². The number of carbonyl (C=O) groups excluding carboxylic acids is 2. The molecule has 28 heavy (non-hydrogen) atoms. The summed E-state index contributed by atoms with van der Waals surface area (Å²) in [7, 11) is 2.00. The Morgan fingerprint density at radius 3 is 2.36 bits per heavy atom. The van der Waals surface area contributed by atoms with Gasteiger partial charge in [-0.1, -0.05) is 35.4 Å². The number of para-hydroxylation sites is 1. The summed E-state index contributed by atoms with van der Waals surface area (Å²) in [4.78, 5) is 31.8. The fourth-order valence-electron chi connectivity index (χ4n) is 4.55. The van der Waals surface area contributed by atoms with Crippen molar-refractivity contribution in [2.24, 2.45) is 0 Å². The number of hydrogen-bond donors (Lipinski definition) is 0. The second-order valence-electron chi connectivity index (χ2n) is 8.25. The van der Waals surface area contributed by atoms with Crippen LogP contribution in [0, 0.1) is 13.8 Å². The van der Waals surface area contributed by atoms with Crippen LogP contribution in [0.15, 0.2) is 48.5 Å². The molecule has 0 bridgehead atoms. The molecule has 2 heterocycles. The number of nitrogens with zero attached hydrogens (tertiary/aromatic N) is 3. The SMILES string of the molecule is Cc1cc(C)cc(C(=O)N2CCC3(C2)CN(c2ccccc2)C(=O)CN3C)c1. The molecule has 146 valence electrons. The molecule has 1 unspecified atom stereocenters. The molecule has 0 saturated carbocycles. The van der Waals surface area contributed by atoms with Crippen molar-refractivity contribution in [3.05, 3.63) is 65.2 Å². The lowest BCUT2D eigenvalue weighted by Gasteiger charge is -2.46. The minimum Gasteiger partial charge on any atom is -0.337 e. The highest BCUT2D eigenvalue weighted by molar-refractivity contribution is 5.97. The molecule has 2 aromatic rings. The summed E-state index contributed by atoms with van der Waals surface area (Å²) in [5.74, 6) is 0.193. The van der Waals surface area contributed by atoms with Gasteiger partial charge in [0.1, 0.15) is 0 Å². The average Bonchev–Trinajstić information content (AvgIpc) is 3.09. The Kier molecular flexibility index (Phi) is 4.71. The molecule has 4 rings (SSSR count). The van der Waals surface area contributed by atoms with Gasteiger partial charge in [0.05, 0.1) is 12.1 Å². The highest BCUT2D eigenvalue weighted by Crippen LogP contribution is 2.34. The van der Waals surface area contributed by atoms with E-state index in [0.717, 1.165) is 28.8 Å². The summed E-state index contributed by atoms with van der Waals surface area (Å²) in [6.45, 7) is 6.39. The first kappa shape index (κ1) is 18.7. The summed E-state index contributed by atoms with van der Waals surface area (Å²) in [6, 6.07) is 15.8. The number of amides is 2.